The minimum absolute atomic E-state index is 0.326. The van der Waals surface area contributed by atoms with Gasteiger partial charge in [0.15, 0.2) is 0 Å². The fourth-order valence-electron chi connectivity index (χ4n) is 1.70. The van der Waals surface area contributed by atoms with Crippen molar-refractivity contribution in [3.8, 4) is 5.75 Å². The van der Waals surface area contributed by atoms with E-state index in [2.05, 4.69) is 4.84 Å². The highest BCUT2D eigenvalue weighted by molar-refractivity contribution is 6.48. The lowest BCUT2D eigenvalue weighted by Gasteiger charge is -2.08. The summed E-state index contributed by atoms with van der Waals surface area (Å²) >= 11 is 24.2. The fourth-order valence-corrected chi connectivity index (χ4v) is 2.51. The molecule has 2 aromatic rings. The van der Waals surface area contributed by atoms with Gasteiger partial charge in [-0.2, -0.15) is 5.90 Å². The van der Waals surface area contributed by atoms with Crippen LogP contribution >= 0.6 is 46.4 Å². The van der Waals surface area contributed by atoms with Crippen LogP contribution in [0.5, 0.6) is 5.75 Å². The Balaban J connectivity index is 2.16. The lowest BCUT2D eigenvalue weighted by atomic mass is 10.1. The van der Waals surface area contributed by atoms with Gasteiger partial charge in [-0.1, -0.05) is 59.1 Å². The van der Waals surface area contributed by atoms with E-state index in [9.17, 15) is 0 Å². The molecule has 2 N–H and O–H groups in total. The molecule has 0 aliphatic carbocycles. The molecule has 0 aliphatic heterocycles. The Kier molecular flexibility index (Phi) is 5.80. The van der Waals surface area contributed by atoms with Crippen molar-refractivity contribution in [3.63, 3.8) is 0 Å². The summed E-state index contributed by atoms with van der Waals surface area (Å²) in [6.07, 6.45) is 3.71. The second kappa shape index (κ2) is 7.39. The molecule has 1 unspecified atom stereocenters. The van der Waals surface area contributed by atoms with Gasteiger partial charge in [0.2, 0.25) is 0 Å². The Morgan fingerprint density at radius 2 is 1.57 bits per heavy atom. The SMILES string of the molecule is NOc1ccc(/C=C/C(Cl)c2cc(Cl)c(Cl)c(Cl)c2)cc1. The predicted octanol–water partition coefficient (Wildman–Crippen LogP) is 5.89. The van der Waals surface area contributed by atoms with E-state index < -0.39 is 0 Å². The third-order valence-corrected chi connectivity index (χ3v) is 4.39. The van der Waals surface area contributed by atoms with Gasteiger partial charge in [0.1, 0.15) is 5.75 Å². The summed E-state index contributed by atoms with van der Waals surface area (Å²) < 4.78 is 0. The predicted molar refractivity (Wildman–Crippen MR) is 90.4 cm³/mol. The summed E-state index contributed by atoms with van der Waals surface area (Å²) in [5.74, 6) is 5.65. The van der Waals surface area contributed by atoms with Crippen LogP contribution in [0.15, 0.2) is 42.5 Å². The first-order valence-corrected chi connectivity index (χ1v) is 7.52. The third-order valence-electron chi connectivity index (χ3n) is 2.80. The molecule has 0 aliphatic rings. The second-order valence-corrected chi connectivity index (χ2v) is 5.91. The van der Waals surface area contributed by atoms with E-state index in [0.29, 0.717) is 20.8 Å². The molecule has 2 nitrogen and oxygen atoms in total. The van der Waals surface area contributed by atoms with Crippen molar-refractivity contribution < 1.29 is 4.84 Å². The molecule has 2 aromatic carbocycles. The first-order chi connectivity index (χ1) is 10.0. The molecule has 0 bridgehead atoms. The van der Waals surface area contributed by atoms with Gasteiger partial charge in [-0.05, 0) is 35.4 Å². The van der Waals surface area contributed by atoms with Crippen LogP contribution in [0.3, 0.4) is 0 Å². The number of nitrogens with two attached hydrogens (primary N) is 1. The number of hydrogen-bond acceptors (Lipinski definition) is 2. The highest BCUT2D eigenvalue weighted by Crippen LogP contribution is 2.35. The second-order valence-electron chi connectivity index (χ2n) is 4.25. The van der Waals surface area contributed by atoms with Crippen molar-refractivity contribution in [2.45, 2.75) is 5.38 Å². The Bertz CT molecular complexity index is 632. The van der Waals surface area contributed by atoms with Gasteiger partial charge in [-0.3, -0.25) is 0 Å². The van der Waals surface area contributed by atoms with Crippen molar-refractivity contribution in [2.75, 3.05) is 0 Å². The molecule has 0 aromatic heterocycles. The molecule has 0 heterocycles. The summed E-state index contributed by atoms with van der Waals surface area (Å²) in [7, 11) is 0. The lowest BCUT2D eigenvalue weighted by molar-refractivity contribution is 0.334. The van der Waals surface area contributed by atoms with Gasteiger partial charge >= 0.3 is 0 Å². The largest absolute Gasteiger partial charge is 0.412 e. The number of alkyl halides is 1. The van der Waals surface area contributed by atoms with Crippen LogP contribution in [-0.4, -0.2) is 0 Å². The zero-order valence-corrected chi connectivity index (χ0v) is 13.7. The van der Waals surface area contributed by atoms with Crippen LogP contribution in [0.1, 0.15) is 16.5 Å². The Morgan fingerprint density at radius 3 is 2.10 bits per heavy atom. The zero-order chi connectivity index (χ0) is 15.4. The molecule has 6 heteroatoms. The number of rotatable bonds is 4. The van der Waals surface area contributed by atoms with E-state index >= 15 is 0 Å². The normalized spacial score (nSPS) is 12.6. The molecule has 0 fully saturated rings. The van der Waals surface area contributed by atoms with Gasteiger partial charge in [-0.25, -0.2) is 0 Å². The van der Waals surface area contributed by atoms with E-state index in [4.69, 9.17) is 52.3 Å². The van der Waals surface area contributed by atoms with Crippen LogP contribution in [0.4, 0.5) is 0 Å². The Morgan fingerprint density at radius 1 is 1.00 bits per heavy atom. The van der Waals surface area contributed by atoms with Crippen molar-refractivity contribution in [2.24, 2.45) is 5.90 Å². The van der Waals surface area contributed by atoms with Crippen molar-refractivity contribution in [1.29, 1.82) is 0 Å². The maximum absolute atomic E-state index is 6.32. The maximum Gasteiger partial charge on any atom is 0.146 e. The van der Waals surface area contributed by atoms with Crippen LogP contribution in [0.2, 0.25) is 15.1 Å². The number of hydrogen-bond donors (Lipinski definition) is 1. The molecule has 0 amide bonds. The molecule has 21 heavy (non-hydrogen) atoms. The van der Waals surface area contributed by atoms with Crippen molar-refractivity contribution in [1.82, 2.24) is 0 Å². The summed E-state index contributed by atoms with van der Waals surface area (Å²) in [4.78, 5) is 4.61. The van der Waals surface area contributed by atoms with Crippen LogP contribution in [-0.2, 0) is 0 Å². The molecule has 0 radical (unpaired) electrons. The molecule has 2 rings (SSSR count). The minimum atomic E-state index is -0.372. The summed E-state index contributed by atoms with van der Waals surface area (Å²) in [6.45, 7) is 0. The summed E-state index contributed by atoms with van der Waals surface area (Å²) in [6, 6.07) is 10.7. The highest BCUT2D eigenvalue weighted by Gasteiger charge is 2.10. The van der Waals surface area contributed by atoms with Gasteiger partial charge in [0.25, 0.3) is 0 Å². The monoisotopic (exact) mass is 361 g/mol. The number of benzene rings is 2. The number of allylic oxidation sites excluding steroid dienone is 1. The van der Waals surface area contributed by atoms with E-state index in [1.807, 2.05) is 24.3 Å². The van der Waals surface area contributed by atoms with E-state index in [0.717, 1.165) is 11.1 Å². The molecular formula is C15H11Cl4NO. The average molecular weight is 363 g/mol. The topological polar surface area (TPSA) is 35.2 Å². The minimum Gasteiger partial charge on any atom is -0.412 e. The molecule has 0 saturated carbocycles. The fraction of sp³-hybridized carbons (Fsp3) is 0.0667. The van der Waals surface area contributed by atoms with E-state index in [1.165, 1.54) is 0 Å². The molecule has 1 atom stereocenters. The van der Waals surface area contributed by atoms with Crippen LogP contribution < -0.4 is 10.7 Å². The lowest BCUT2D eigenvalue weighted by Crippen LogP contribution is -2.00. The average Bonchev–Trinajstić information content (AvgIpc) is 2.50. The van der Waals surface area contributed by atoms with Crippen molar-refractivity contribution >= 4 is 52.5 Å². The van der Waals surface area contributed by atoms with Gasteiger partial charge in [-0.15, -0.1) is 11.6 Å². The molecular weight excluding hydrogens is 352 g/mol. The molecule has 0 spiro atoms. The first kappa shape index (κ1) is 16.5. The molecule has 0 saturated heterocycles. The van der Waals surface area contributed by atoms with Gasteiger partial charge < -0.3 is 4.84 Å². The quantitative estimate of drug-likeness (QED) is 0.418. The summed E-state index contributed by atoms with van der Waals surface area (Å²) in [5, 5.41) is 0.709. The number of halogens is 4. The third kappa shape index (κ3) is 4.29. The van der Waals surface area contributed by atoms with Crippen LogP contribution in [0, 0.1) is 0 Å². The first-order valence-electron chi connectivity index (χ1n) is 5.95. The maximum atomic E-state index is 6.32. The molecule has 110 valence electrons. The Hall–Kier alpha value is -0.900. The van der Waals surface area contributed by atoms with Gasteiger partial charge in [0, 0.05) is 0 Å². The van der Waals surface area contributed by atoms with Gasteiger partial charge in [0.05, 0.1) is 20.4 Å². The highest BCUT2D eigenvalue weighted by atomic mass is 35.5. The van der Waals surface area contributed by atoms with Crippen LogP contribution in [0.25, 0.3) is 6.08 Å². The Labute approximate surface area is 143 Å². The smallest absolute Gasteiger partial charge is 0.146 e. The zero-order valence-electron chi connectivity index (χ0n) is 10.7. The van der Waals surface area contributed by atoms with E-state index in [1.54, 1.807) is 24.3 Å². The van der Waals surface area contributed by atoms with Crippen molar-refractivity contribution in [3.05, 3.63) is 68.7 Å². The standard InChI is InChI=1S/C15H11Cl4NO/c16-12(10-7-13(17)15(19)14(18)8-10)6-3-9-1-4-11(21-20)5-2-9/h1-8,12H,20H2/b6-3+. The summed E-state index contributed by atoms with van der Waals surface area (Å²) in [5.41, 5.74) is 1.74. The van der Waals surface area contributed by atoms with E-state index in [-0.39, 0.29) is 5.38 Å².